The van der Waals surface area contributed by atoms with Crippen molar-refractivity contribution in [2.75, 3.05) is 0 Å². The van der Waals surface area contributed by atoms with Crippen molar-refractivity contribution in [1.29, 1.82) is 0 Å². The first-order valence-corrected chi connectivity index (χ1v) is 12.4. The molecule has 16 heteroatoms. The number of hydrogen-bond acceptors (Lipinski definition) is 8. The second-order valence-corrected chi connectivity index (χ2v) is 9.44. The zero-order valence-electron chi connectivity index (χ0n) is 21.3. The number of hydrogen-bond donors (Lipinski definition) is 1. The second kappa shape index (κ2) is 11.1. The van der Waals surface area contributed by atoms with Crippen LogP contribution in [0.3, 0.4) is 0 Å². The lowest BCUT2D eigenvalue weighted by Crippen LogP contribution is -2.37. The van der Waals surface area contributed by atoms with Gasteiger partial charge in [0.2, 0.25) is 0 Å². The molecule has 0 spiro atoms. The third-order valence-electron chi connectivity index (χ3n) is 6.13. The lowest BCUT2D eigenvalue weighted by atomic mass is 10.1. The molecule has 5 aromatic rings. The highest BCUT2D eigenvalue weighted by molar-refractivity contribution is 6.30. The first-order chi connectivity index (χ1) is 19.5. The average Bonchev–Trinajstić information content (AvgIpc) is 3.65. The third-order valence-corrected chi connectivity index (χ3v) is 6.38. The molecule has 1 aromatic carbocycles. The van der Waals surface area contributed by atoms with Gasteiger partial charge in [-0.25, -0.2) is 24.1 Å². The van der Waals surface area contributed by atoms with Crippen molar-refractivity contribution in [2.24, 2.45) is 7.05 Å². The van der Waals surface area contributed by atoms with Crippen LogP contribution in [0.2, 0.25) is 5.02 Å². The minimum atomic E-state index is -4.95. The van der Waals surface area contributed by atoms with Crippen LogP contribution in [0, 0.1) is 0 Å². The zero-order chi connectivity index (χ0) is 29.3. The van der Waals surface area contributed by atoms with Gasteiger partial charge in [-0.05, 0) is 36.4 Å². The number of carbonyl (C=O) groups excluding carboxylic acids is 1. The van der Waals surface area contributed by atoms with Crippen LogP contribution in [0.4, 0.5) is 13.2 Å². The van der Waals surface area contributed by atoms with Crippen molar-refractivity contribution in [3.05, 3.63) is 94.2 Å². The summed E-state index contributed by atoms with van der Waals surface area (Å²) in [7, 11) is 1.70. The number of Topliss-reactive ketones (excluding diaryl/α,β-unsaturated/α-hetero) is 1. The summed E-state index contributed by atoms with van der Waals surface area (Å²) in [6, 6.07) is 9.33. The minimum Gasteiger partial charge on any atom is -0.382 e. The van der Waals surface area contributed by atoms with Gasteiger partial charge in [-0.15, -0.1) is 10.2 Å². The standard InChI is InChI=1S/C25H21ClF3N9O3/c1-35-13-30-10-19(35)20(39)9-17-18(3-2-8-31-17)38-14-32-22(33-38)12-37-24(41)36(11-21(40)25(27,28)29)23(34-37)15-4-6-16(26)7-5-15/h2-8,10,13-14,21,40H,9,11-12H2,1H3/t21-/m0/s1. The number of carbonyl (C=O) groups is 1. The van der Waals surface area contributed by atoms with Gasteiger partial charge in [-0.2, -0.15) is 13.2 Å². The van der Waals surface area contributed by atoms with E-state index in [2.05, 4.69) is 25.1 Å². The Labute approximate surface area is 234 Å². The van der Waals surface area contributed by atoms with Crippen molar-refractivity contribution in [3.63, 3.8) is 0 Å². The molecule has 0 radical (unpaired) electrons. The number of alkyl halides is 3. The van der Waals surface area contributed by atoms with Crippen molar-refractivity contribution >= 4 is 17.4 Å². The predicted octanol–water partition coefficient (Wildman–Crippen LogP) is 2.47. The number of aryl methyl sites for hydroxylation is 1. The molecule has 0 bridgehead atoms. The molecule has 5 rings (SSSR count). The van der Waals surface area contributed by atoms with E-state index >= 15 is 0 Å². The molecule has 0 aliphatic rings. The topological polar surface area (TPSA) is 139 Å². The number of nitrogens with zero attached hydrogens (tertiary/aromatic N) is 9. The normalized spacial score (nSPS) is 12.5. The Balaban J connectivity index is 1.44. The van der Waals surface area contributed by atoms with Crippen molar-refractivity contribution < 1.29 is 23.1 Å². The van der Waals surface area contributed by atoms with Gasteiger partial charge in [0.05, 0.1) is 36.9 Å². The first-order valence-electron chi connectivity index (χ1n) is 12.0. The van der Waals surface area contributed by atoms with Crippen molar-refractivity contribution in [3.8, 4) is 17.1 Å². The van der Waals surface area contributed by atoms with E-state index in [9.17, 15) is 27.9 Å². The molecule has 0 fully saturated rings. The lowest BCUT2D eigenvalue weighted by Gasteiger charge is -2.15. The molecule has 4 heterocycles. The van der Waals surface area contributed by atoms with Crippen LogP contribution in [0.1, 0.15) is 22.0 Å². The monoisotopic (exact) mass is 587 g/mol. The summed E-state index contributed by atoms with van der Waals surface area (Å²) in [5.74, 6) is -0.195. The maximum atomic E-state index is 13.1. The zero-order valence-corrected chi connectivity index (χ0v) is 22.0. The van der Waals surface area contributed by atoms with Crippen molar-refractivity contribution in [2.45, 2.75) is 31.8 Å². The Morgan fingerprint density at radius 1 is 1.10 bits per heavy atom. The van der Waals surface area contributed by atoms with Gasteiger partial charge in [-0.1, -0.05) is 11.6 Å². The molecule has 0 aliphatic carbocycles. The van der Waals surface area contributed by atoms with Crippen molar-refractivity contribution in [1.82, 2.24) is 43.6 Å². The number of rotatable bonds is 9. The van der Waals surface area contributed by atoms with Gasteiger partial charge < -0.3 is 9.67 Å². The average molecular weight is 588 g/mol. The maximum Gasteiger partial charge on any atom is 0.416 e. The highest BCUT2D eigenvalue weighted by Crippen LogP contribution is 2.24. The summed E-state index contributed by atoms with van der Waals surface area (Å²) < 4.78 is 44.0. The molecule has 212 valence electrons. The van der Waals surface area contributed by atoms with Crippen LogP contribution >= 0.6 is 11.6 Å². The molecule has 0 saturated carbocycles. The number of aromatic nitrogens is 9. The summed E-state index contributed by atoms with van der Waals surface area (Å²) in [4.78, 5) is 38.4. The Kier molecular flexibility index (Phi) is 7.55. The molecule has 0 aliphatic heterocycles. The largest absolute Gasteiger partial charge is 0.416 e. The number of aliphatic hydroxyl groups is 1. The molecule has 0 unspecified atom stereocenters. The van der Waals surface area contributed by atoms with E-state index in [1.54, 1.807) is 23.7 Å². The summed E-state index contributed by atoms with van der Waals surface area (Å²) in [6.07, 6.45) is -1.91. The molecule has 4 aromatic heterocycles. The van der Waals surface area contributed by atoms with E-state index < -0.39 is 24.5 Å². The van der Waals surface area contributed by atoms with Crippen LogP contribution in [-0.2, 0) is 26.6 Å². The molecule has 41 heavy (non-hydrogen) atoms. The van der Waals surface area contributed by atoms with E-state index in [1.807, 2.05) is 0 Å². The third kappa shape index (κ3) is 5.95. The first kappa shape index (κ1) is 27.9. The number of halogens is 4. The van der Waals surface area contributed by atoms with Gasteiger partial charge in [0.25, 0.3) is 0 Å². The fourth-order valence-corrected chi connectivity index (χ4v) is 4.19. The summed E-state index contributed by atoms with van der Waals surface area (Å²) in [5.41, 5.74) is 0.704. The minimum absolute atomic E-state index is 0.0409. The van der Waals surface area contributed by atoms with Gasteiger partial charge in [-0.3, -0.25) is 14.3 Å². The lowest BCUT2D eigenvalue weighted by molar-refractivity contribution is -0.207. The summed E-state index contributed by atoms with van der Waals surface area (Å²) in [5, 5.41) is 18.6. The molecular formula is C25H21ClF3N9O3. The smallest absolute Gasteiger partial charge is 0.382 e. The Morgan fingerprint density at radius 2 is 1.85 bits per heavy atom. The molecule has 0 amide bonds. The highest BCUT2D eigenvalue weighted by Gasteiger charge is 2.39. The molecule has 0 saturated heterocycles. The fourth-order valence-electron chi connectivity index (χ4n) is 4.06. The molecule has 1 N–H and O–H groups in total. The van der Waals surface area contributed by atoms with Gasteiger partial charge in [0.1, 0.15) is 18.6 Å². The van der Waals surface area contributed by atoms with E-state index in [0.29, 0.717) is 27.7 Å². The van der Waals surface area contributed by atoms with Crippen LogP contribution in [-0.4, -0.2) is 66.8 Å². The number of benzene rings is 1. The Hall–Kier alpha value is -4.63. The van der Waals surface area contributed by atoms with E-state index in [4.69, 9.17) is 11.6 Å². The Bertz CT molecular complexity index is 1760. The summed E-state index contributed by atoms with van der Waals surface area (Å²) in [6.45, 7) is -1.35. The second-order valence-electron chi connectivity index (χ2n) is 9.00. The molecule has 12 nitrogen and oxygen atoms in total. The van der Waals surface area contributed by atoms with E-state index in [0.717, 1.165) is 9.25 Å². The fraction of sp³-hybridized carbons (Fsp3) is 0.240. The van der Waals surface area contributed by atoms with Gasteiger partial charge in [0.15, 0.2) is 23.5 Å². The number of imidazole rings is 1. The quantitative estimate of drug-likeness (QED) is 0.260. The molecular weight excluding hydrogens is 567 g/mol. The van der Waals surface area contributed by atoms with Crippen LogP contribution in [0.25, 0.3) is 17.1 Å². The predicted molar refractivity (Wildman–Crippen MR) is 138 cm³/mol. The van der Waals surface area contributed by atoms with Gasteiger partial charge >= 0.3 is 11.9 Å². The Morgan fingerprint density at radius 3 is 2.54 bits per heavy atom. The maximum absolute atomic E-state index is 13.1. The van der Waals surface area contributed by atoms with Crippen LogP contribution < -0.4 is 5.69 Å². The number of pyridine rings is 1. The molecule has 1 atom stereocenters. The van der Waals surface area contributed by atoms with E-state index in [-0.39, 0.29) is 30.4 Å². The van der Waals surface area contributed by atoms with Crippen LogP contribution in [0.15, 0.2) is 66.2 Å². The number of ketones is 1. The highest BCUT2D eigenvalue weighted by atomic mass is 35.5. The summed E-state index contributed by atoms with van der Waals surface area (Å²) >= 11 is 5.92. The SMILES string of the molecule is Cn1cncc1C(=O)Cc1ncccc1-n1cnc(Cn2nc(-c3ccc(Cl)cc3)n(C[C@H](O)C(F)(F)F)c2=O)n1. The van der Waals surface area contributed by atoms with Crippen LogP contribution in [0.5, 0.6) is 0 Å². The number of aliphatic hydroxyl groups excluding tert-OH is 1. The van der Waals surface area contributed by atoms with Gasteiger partial charge in [0, 0.05) is 23.8 Å². The van der Waals surface area contributed by atoms with E-state index in [1.165, 1.54) is 54.0 Å².